The van der Waals surface area contributed by atoms with E-state index in [1.54, 1.807) is 54.7 Å². The molecule has 0 radical (unpaired) electrons. The highest BCUT2D eigenvalue weighted by Crippen LogP contribution is 2.25. The molecule has 1 fully saturated rings. The van der Waals surface area contributed by atoms with E-state index in [9.17, 15) is 13.2 Å². The highest BCUT2D eigenvalue weighted by molar-refractivity contribution is 7.89. The molecule has 0 unspecified atom stereocenters. The van der Waals surface area contributed by atoms with Crippen LogP contribution in [0.4, 0.5) is 0 Å². The topological polar surface area (TPSA) is 75.5 Å². The quantitative estimate of drug-likeness (QED) is 0.777. The molecular weight excluding hydrogens is 388 g/mol. The fourth-order valence-corrected chi connectivity index (χ4v) is 5.48. The molecule has 0 saturated carbocycles. The van der Waals surface area contributed by atoms with Crippen molar-refractivity contribution in [3.8, 4) is 0 Å². The van der Waals surface area contributed by atoms with E-state index in [0.717, 1.165) is 0 Å². The summed E-state index contributed by atoms with van der Waals surface area (Å²) in [5.41, 5.74) is 1.54. The van der Waals surface area contributed by atoms with Crippen molar-refractivity contribution in [3.05, 3.63) is 46.2 Å². The minimum atomic E-state index is -3.66. The molecular formula is C18H23ClN4O3S. The predicted molar refractivity (Wildman–Crippen MR) is 103 cm³/mol. The van der Waals surface area contributed by atoms with Gasteiger partial charge in [-0.15, -0.1) is 0 Å². The number of aromatic nitrogens is 2. The van der Waals surface area contributed by atoms with Crippen molar-refractivity contribution in [2.24, 2.45) is 7.05 Å². The second-order valence-corrected chi connectivity index (χ2v) is 8.94. The summed E-state index contributed by atoms with van der Waals surface area (Å²) in [6.45, 7) is 4.86. The number of sulfonamides is 1. The molecule has 0 spiro atoms. The number of rotatable bonds is 3. The van der Waals surface area contributed by atoms with Gasteiger partial charge in [0.25, 0.3) is 5.91 Å². The van der Waals surface area contributed by atoms with E-state index < -0.39 is 10.0 Å². The molecule has 27 heavy (non-hydrogen) atoms. The molecule has 0 aliphatic carbocycles. The number of nitrogens with zero attached hydrogens (tertiary/aromatic N) is 4. The maximum atomic E-state index is 13.1. The summed E-state index contributed by atoms with van der Waals surface area (Å²) in [5.74, 6) is -0.173. The minimum Gasteiger partial charge on any atom is -0.337 e. The first-order valence-electron chi connectivity index (χ1n) is 8.77. The summed E-state index contributed by atoms with van der Waals surface area (Å²) in [4.78, 5) is 14.7. The fourth-order valence-electron chi connectivity index (χ4n) is 3.40. The van der Waals surface area contributed by atoms with Crippen molar-refractivity contribution in [3.63, 3.8) is 0 Å². The van der Waals surface area contributed by atoms with Gasteiger partial charge in [0.1, 0.15) is 4.90 Å². The monoisotopic (exact) mass is 410 g/mol. The molecule has 1 aromatic carbocycles. The molecule has 0 N–H and O–H groups in total. The number of amides is 1. The van der Waals surface area contributed by atoms with Crippen molar-refractivity contribution in [2.45, 2.75) is 25.2 Å². The highest BCUT2D eigenvalue weighted by atomic mass is 35.5. The Morgan fingerprint density at radius 2 is 1.81 bits per heavy atom. The average Bonchev–Trinajstić information content (AvgIpc) is 2.81. The van der Waals surface area contributed by atoms with Gasteiger partial charge in [0, 0.05) is 33.2 Å². The first-order chi connectivity index (χ1) is 12.7. The summed E-state index contributed by atoms with van der Waals surface area (Å²) in [6, 6.07) is 6.90. The zero-order valence-electron chi connectivity index (χ0n) is 15.6. The van der Waals surface area contributed by atoms with Crippen molar-refractivity contribution in [2.75, 3.05) is 26.2 Å². The van der Waals surface area contributed by atoms with Crippen LogP contribution in [0.5, 0.6) is 0 Å². The Morgan fingerprint density at radius 1 is 1.11 bits per heavy atom. The normalized spacial score (nSPS) is 16.4. The first kappa shape index (κ1) is 19.9. The number of carbonyl (C=O) groups excluding carboxylic acids is 1. The Hall–Kier alpha value is -1.90. The van der Waals surface area contributed by atoms with Crippen LogP contribution in [0.1, 0.15) is 28.2 Å². The van der Waals surface area contributed by atoms with E-state index in [2.05, 4.69) is 5.10 Å². The Bertz CT molecular complexity index is 971. The largest absolute Gasteiger partial charge is 0.337 e. The average molecular weight is 411 g/mol. The second-order valence-electron chi connectivity index (χ2n) is 6.65. The molecule has 2 heterocycles. The van der Waals surface area contributed by atoms with Crippen LogP contribution in [0.2, 0.25) is 5.02 Å². The molecule has 1 aliphatic rings. The third kappa shape index (κ3) is 3.74. The Morgan fingerprint density at radius 3 is 2.44 bits per heavy atom. The molecule has 3 rings (SSSR count). The Kier molecular flexibility index (Phi) is 5.60. The first-order valence-corrected chi connectivity index (χ1v) is 10.6. The van der Waals surface area contributed by atoms with E-state index in [1.807, 2.05) is 0 Å². The number of hydrogen-bond acceptors (Lipinski definition) is 4. The lowest BCUT2D eigenvalue weighted by Gasteiger charge is -2.22. The molecule has 0 atom stereocenters. The minimum absolute atomic E-state index is 0.173. The van der Waals surface area contributed by atoms with E-state index in [4.69, 9.17) is 11.6 Å². The van der Waals surface area contributed by atoms with E-state index in [1.165, 1.54) is 4.31 Å². The van der Waals surface area contributed by atoms with Gasteiger partial charge in [-0.3, -0.25) is 9.48 Å². The lowest BCUT2D eigenvalue weighted by atomic mass is 10.2. The van der Waals surface area contributed by atoms with Crippen molar-refractivity contribution < 1.29 is 13.2 Å². The Balaban J connectivity index is 1.80. The van der Waals surface area contributed by atoms with Gasteiger partial charge in [-0.2, -0.15) is 9.40 Å². The van der Waals surface area contributed by atoms with Crippen molar-refractivity contribution in [1.29, 1.82) is 0 Å². The smallest absolute Gasteiger partial charge is 0.255 e. The maximum Gasteiger partial charge on any atom is 0.255 e. The predicted octanol–water partition coefficient (Wildman–Crippen LogP) is 2.23. The van der Waals surface area contributed by atoms with Gasteiger partial charge in [-0.25, -0.2) is 8.42 Å². The van der Waals surface area contributed by atoms with Gasteiger partial charge in [0.05, 0.1) is 22.0 Å². The van der Waals surface area contributed by atoms with Crippen molar-refractivity contribution in [1.82, 2.24) is 19.0 Å². The summed E-state index contributed by atoms with van der Waals surface area (Å²) < 4.78 is 29.3. The standard InChI is InChI=1S/C18H23ClN4O3S/c1-13-17(14(2)21(3)20-13)27(25,26)23-10-6-9-22(11-12-23)18(24)15-7-4-5-8-16(15)19/h4-5,7-8H,6,9-12H2,1-3H3. The van der Waals surface area contributed by atoms with Crippen LogP contribution in [-0.4, -0.2) is 59.5 Å². The van der Waals surface area contributed by atoms with Gasteiger partial charge >= 0.3 is 0 Å². The third-order valence-corrected chi connectivity index (χ3v) is 7.37. The van der Waals surface area contributed by atoms with Gasteiger partial charge in [-0.1, -0.05) is 23.7 Å². The summed E-state index contributed by atoms with van der Waals surface area (Å²) in [7, 11) is -1.93. The number of benzene rings is 1. The van der Waals surface area contributed by atoms with Crippen LogP contribution in [-0.2, 0) is 17.1 Å². The molecule has 1 saturated heterocycles. The molecule has 1 aliphatic heterocycles. The molecule has 1 amide bonds. The lowest BCUT2D eigenvalue weighted by molar-refractivity contribution is 0.0764. The number of hydrogen-bond donors (Lipinski definition) is 0. The summed E-state index contributed by atoms with van der Waals surface area (Å²) in [6.07, 6.45) is 0.563. The van der Waals surface area contributed by atoms with Gasteiger partial charge in [-0.05, 0) is 32.4 Å². The van der Waals surface area contributed by atoms with Gasteiger partial charge in [0.2, 0.25) is 10.0 Å². The zero-order chi connectivity index (χ0) is 19.8. The Labute approximate surface area is 164 Å². The number of carbonyl (C=O) groups is 1. The lowest BCUT2D eigenvalue weighted by Crippen LogP contribution is -2.37. The van der Waals surface area contributed by atoms with E-state index in [0.29, 0.717) is 48.0 Å². The van der Waals surface area contributed by atoms with Crippen LogP contribution < -0.4 is 0 Å². The summed E-state index contributed by atoms with van der Waals surface area (Å²) >= 11 is 6.13. The molecule has 9 heteroatoms. The SMILES string of the molecule is Cc1nn(C)c(C)c1S(=O)(=O)N1CCCN(C(=O)c2ccccc2Cl)CC1. The molecule has 0 bridgehead atoms. The van der Waals surface area contributed by atoms with Crippen LogP contribution in [0, 0.1) is 13.8 Å². The molecule has 2 aromatic rings. The van der Waals surface area contributed by atoms with Gasteiger partial charge < -0.3 is 4.90 Å². The van der Waals surface area contributed by atoms with Crippen LogP contribution in [0.3, 0.4) is 0 Å². The van der Waals surface area contributed by atoms with Crippen molar-refractivity contribution >= 4 is 27.5 Å². The van der Waals surface area contributed by atoms with E-state index >= 15 is 0 Å². The van der Waals surface area contributed by atoms with Crippen LogP contribution in [0.15, 0.2) is 29.2 Å². The second kappa shape index (κ2) is 7.61. The molecule has 146 valence electrons. The molecule has 1 aromatic heterocycles. The fraction of sp³-hybridized carbons (Fsp3) is 0.444. The number of aryl methyl sites for hydroxylation is 2. The zero-order valence-corrected chi connectivity index (χ0v) is 17.2. The third-order valence-electron chi connectivity index (χ3n) is 4.89. The number of halogens is 1. The van der Waals surface area contributed by atoms with Crippen LogP contribution >= 0.6 is 11.6 Å². The highest BCUT2D eigenvalue weighted by Gasteiger charge is 2.32. The summed E-state index contributed by atoms with van der Waals surface area (Å²) in [5, 5.41) is 4.62. The van der Waals surface area contributed by atoms with Crippen LogP contribution in [0.25, 0.3) is 0 Å². The molecule has 7 nitrogen and oxygen atoms in total. The van der Waals surface area contributed by atoms with Gasteiger partial charge in [0.15, 0.2) is 0 Å². The van der Waals surface area contributed by atoms with E-state index in [-0.39, 0.29) is 17.3 Å². The maximum absolute atomic E-state index is 13.1.